The van der Waals surface area contributed by atoms with Crippen LogP contribution in [0.2, 0.25) is 0 Å². The zero-order valence-electron chi connectivity index (χ0n) is 12.3. The molecule has 0 N–H and O–H groups in total. The molecule has 2 rings (SSSR count). The fraction of sp³-hybridized carbons (Fsp3) is 0.938. The number of carbonyl (C=O) groups excluding carboxylic acids is 1. The molecule has 0 amide bonds. The Morgan fingerprint density at radius 3 is 2.44 bits per heavy atom. The molecule has 2 bridgehead atoms. The highest BCUT2D eigenvalue weighted by Gasteiger charge is 2.52. The average Bonchev–Trinajstić information content (AvgIpc) is 2.89. The maximum absolute atomic E-state index is 12.5. The molecular weight excluding hydrogens is 224 g/mol. The number of carbonyl (C=O) groups is 1. The number of ether oxygens (including phenoxy) is 1. The van der Waals surface area contributed by atoms with Crippen LogP contribution in [0.5, 0.6) is 0 Å². The van der Waals surface area contributed by atoms with Gasteiger partial charge in [0.05, 0.1) is 5.41 Å². The fourth-order valence-electron chi connectivity index (χ4n) is 3.69. The van der Waals surface area contributed by atoms with E-state index >= 15 is 0 Å². The molecule has 0 aromatic rings. The predicted molar refractivity (Wildman–Crippen MR) is 73.3 cm³/mol. The van der Waals surface area contributed by atoms with Crippen molar-refractivity contribution in [1.82, 2.24) is 0 Å². The number of hydrogen-bond acceptors (Lipinski definition) is 2. The Kier molecular flexibility index (Phi) is 4.03. The minimum absolute atomic E-state index is 0.0906. The van der Waals surface area contributed by atoms with Crippen molar-refractivity contribution in [2.45, 2.75) is 84.2 Å². The molecule has 0 aliphatic heterocycles. The van der Waals surface area contributed by atoms with Gasteiger partial charge in [0.1, 0.15) is 5.60 Å². The van der Waals surface area contributed by atoms with Crippen molar-refractivity contribution in [2.75, 3.05) is 0 Å². The van der Waals surface area contributed by atoms with E-state index < -0.39 is 0 Å². The van der Waals surface area contributed by atoms with Gasteiger partial charge in [0.15, 0.2) is 0 Å². The van der Waals surface area contributed by atoms with Gasteiger partial charge in [-0.05, 0) is 64.7 Å². The number of esters is 1. The third-order valence-electron chi connectivity index (χ3n) is 4.93. The maximum Gasteiger partial charge on any atom is 0.312 e. The molecule has 2 saturated carbocycles. The van der Waals surface area contributed by atoms with Crippen molar-refractivity contribution >= 4 is 5.97 Å². The second-order valence-electron chi connectivity index (χ2n) is 7.03. The Hall–Kier alpha value is -0.530. The molecule has 2 aliphatic rings. The van der Waals surface area contributed by atoms with E-state index in [1.165, 1.54) is 25.7 Å². The second-order valence-corrected chi connectivity index (χ2v) is 7.03. The van der Waals surface area contributed by atoms with Gasteiger partial charge in [0.2, 0.25) is 0 Å². The van der Waals surface area contributed by atoms with Crippen molar-refractivity contribution in [3.05, 3.63) is 0 Å². The second kappa shape index (κ2) is 5.22. The van der Waals surface area contributed by atoms with E-state index in [-0.39, 0.29) is 17.0 Å². The maximum atomic E-state index is 12.5. The van der Waals surface area contributed by atoms with Gasteiger partial charge in [-0.25, -0.2) is 0 Å². The van der Waals surface area contributed by atoms with Gasteiger partial charge in [-0.2, -0.15) is 0 Å². The summed E-state index contributed by atoms with van der Waals surface area (Å²) in [5, 5.41) is 0. The summed E-state index contributed by atoms with van der Waals surface area (Å²) in [4.78, 5) is 12.5. The molecule has 0 spiro atoms. The number of rotatable bonds is 6. The van der Waals surface area contributed by atoms with E-state index in [1.54, 1.807) is 0 Å². The standard InChI is InChI=1S/C16H28O2/c1-4-5-6-9-15(2,3)18-14(17)16-10-7-13(12-16)8-11-16/h13H,4-12H2,1-3H3. The molecule has 0 aromatic heterocycles. The van der Waals surface area contributed by atoms with Crippen LogP contribution < -0.4 is 0 Å². The zero-order chi connectivity index (χ0) is 13.2. The first-order valence-corrected chi connectivity index (χ1v) is 7.71. The van der Waals surface area contributed by atoms with E-state index in [2.05, 4.69) is 20.8 Å². The molecule has 0 unspecified atom stereocenters. The van der Waals surface area contributed by atoms with Crippen molar-refractivity contribution in [3.63, 3.8) is 0 Å². The van der Waals surface area contributed by atoms with Crippen LogP contribution in [0, 0.1) is 11.3 Å². The number of unbranched alkanes of at least 4 members (excludes halogenated alkanes) is 2. The van der Waals surface area contributed by atoms with E-state index in [0.29, 0.717) is 0 Å². The minimum Gasteiger partial charge on any atom is -0.459 e. The topological polar surface area (TPSA) is 26.3 Å². The molecule has 18 heavy (non-hydrogen) atoms. The van der Waals surface area contributed by atoms with E-state index in [1.807, 2.05) is 0 Å². The SMILES string of the molecule is CCCCCC(C)(C)OC(=O)C12CCC(CC1)C2. The summed E-state index contributed by atoms with van der Waals surface area (Å²) in [5.74, 6) is 0.907. The Bertz CT molecular complexity index is 298. The van der Waals surface area contributed by atoms with Crippen LogP contribution in [0.1, 0.15) is 78.6 Å². The monoisotopic (exact) mass is 252 g/mol. The third kappa shape index (κ3) is 2.89. The van der Waals surface area contributed by atoms with Crippen LogP contribution in [-0.2, 0) is 9.53 Å². The summed E-state index contributed by atoms with van der Waals surface area (Å²) in [6.07, 6.45) is 10.3. The lowest BCUT2D eigenvalue weighted by atomic mass is 9.84. The number of hydrogen-bond donors (Lipinski definition) is 0. The first kappa shape index (κ1) is 13.9. The van der Waals surface area contributed by atoms with E-state index in [4.69, 9.17) is 4.74 Å². The fourth-order valence-corrected chi connectivity index (χ4v) is 3.69. The van der Waals surface area contributed by atoms with Gasteiger partial charge in [-0.3, -0.25) is 4.79 Å². The van der Waals surface area contributed by atoms with Crippen molar-refractivity contribution in [2.24, 2.45) is 11.3 Å². The molecule has 0 atom stereocenters. The van der Waals surface area contributed by atoms with Crippen LogP contribution in [0.25, 0.3) is 0 Å². The molecule has 2 heteroatoms. The van der Waals surface area contributed by atoms with Gasteiger partial charge in [-0.1, -0.05) is 19.8 Å². The minimum atomic E-state index is -0.276. The van der Waals surface area contributed by atoms with Crippen molar-refractivity contribution in [3.8, 4) is 0 Å². The summed E-state index contributed by atoms with van der Waals surface area (Å²) in [6.45, 7) is 6.34. The first-order valence-electron chi connectivity index (χ1n) is 7.71. The van der Waals surface area contributed by atoms with Gasteiger partial charge < -0.3 is 4.74 Å². The molecule has 0 radical (unpaired) electrons. The van der Waals surface area contributed by atoms with E-state index in [0.717, 1.165) is 38.0 Å². The van der Waals surface area contributed by atoms with E-state index in [9.17, 15) is 4.79 Å². The molecule has 2 fully saturated rings. The van der Waals surface area contributed by atoms with Crippen LogP contribution in [0.15, 0.2) is 0 Å². The largest absolute Gasteiger partial charge is 0.459 e. The van der Waals surface area contributed by atoms with Crippen molar-refractivity contribution < 1.29 is 9.53 Å². The Labute approximate surface area is 111 Å². The zero-order valence-corrected chi connectivity index (χ0v) is 12.3. The molecule has 104 valence electrons. The normalized spacial score (nSPS) is 30.7. The molecule has 2 nitrogen and oxygen atoms in total. The smallest absolute Gasteiger partial charge is 0.312 e. The van der Waals surface area contributed by atoms with Crippen LogP contribution >= 0.6 is 0 Å². The average molecular weight is 252 g/mol. The van der Waals surface area contributed by atoms with Gasteiger partial charge in [0.25, 0.3) is 0 Å². The Morgan fingerprint density at radius 2 is 1.94 bits per heavy atom. The van der Waals surface area contributed by atoms with Gasteiger partial charge in [-0.15, -0.1) is 0 Å². The van der Waals surface area contributed by atoms with Crippen LogP contribution in [0.4, 0.5) is 0 Å². The summed E-state index contributed by atoms with van der Waals surface area (Å²) < 4.78 is 5.85. The number of fused-ring (bicyclic) bond motifs is 2. The highest BCUT2D eigenvalue weighted by atomic mass is 16.6. The molecule has 2 aliphatic carbocycles. The van der Waals surface area contributed by atoms with Gasteiger partial charge in [0, 0.05) is 0 Å². The quantitative estimate of drug-likeness (QED) is 0.515. The summed E-state index contributed by atoms with van der Waals surface area (Å²) in [5.41, 5.74) is -0.367. The Balaban J connectivity index is 1.86. The lowest BCUT2D eigenvalue weighted by Gasteiger charge is -2.31. The lowest BCUT2D eigenvalue weighted by Crippen LogP contribution is -2.36. The van der Waals surface area contributed by atoms with Crippen LogP contribution in [0.3, 0.4) is 0 Å². The summed E-state index contributed by atoms with van der Waals surface area (Å²) in [7, 11) is 0. The molecule has 0 saturated heterocycles. The highest BCUT2D eigenvalue weighted by Crippen LogP contribution is 2.55. The molecule has 0 heterocycles. The lowest BCUT2D eigenvalue weighted by molar-refractivity contribution is -0.169. The first-order chi connectivity index (χ1) is 8.47. The molecular formula is C16H28O2. The van der Waals surface area contributed by atoms with Crippen LogP contribution in [-0.4, -0.2) is 11.6 Å². The Morgan fingerprint density at radius 1 is 1.28 bits per heavy atom. The summed E-state index contributed by atoms with van der Waals surface area (Å²) in [6, 6.07) is 0. The van der Waals surface area contributed by atoms with Crippen molar-refractivity contribution in [1.29, 1.82) is 0 Å². The predicted octanol–water partition coefficient (Wildman–Crippen LogP) is 4.47. The highest BCUT2D eigenvalue weighted by molar-refractivity contribution is 5.78. The summed E-state index contributed by atoms with van der Waals surface area (Å²) >= 11 is 0. The third-order valence-corrected chi connectivity index (χ3v) is 4.93. The van der Waals surface area contributed by atoms with Gasteiger partial charge >= 0.3 is 5.97 Å². The molecule has 0 aromatic carbocycles.